The molecular formula is C13H14N2O4. The number of benzene rings is 1. The molecule has 19 heavy (non-hydrogen) atoms. The zero-order valence-electron chi connectivity index (χ0n) is 10.8. The fraction of sp³-hybridized carbons (Fsp3) is 0.308. The van der Waals surface area contributed by atoms with E-state index in [0.29, 0.717) is 5.56 Å². The maximum atomic E-state index is 11.7. The molecule has 1 aliphatic heterocycles. The molecule has 0 saturated carbocycles. The van der Waals surface area contributed by atoms with E-state index in [1.165, 1.54) is 16.9 Å². The summed E-state index contributed by atoms with van der Waals surface area (Å²) in [5, 5.41) is 0. The van der Waals surface area contributed by atoms with Gasteiger partial charge < -0.3 is 9.64 Å². The number of ether oxygens (including phenoxy) is 1. The van der Waals surface area contributed by atoms with E-state index in [-0.39, 0.29) is 25.0 Å². The van der Waals surface area contributed by atoms with Gasteiger partial charge in [0.1, 0.15) is 6.54 Å². The second kappa shape index (κ2) is 5.09. The number of likely N-dealkylation sites (N-methyl/N-ethyl adjacent to an activating group) is 1. The van der Waals surface area contributed by atoms with Crippen LogP contribution in [0.25, 0.3) is 0 Å². The molecule has 0 aliphatic carbocycles. The van der Waals surface area contributed by atoms with Crippen molar-refractivity contribution in [3.63, 3.8) is 0 Å². The maximum Gasteiger partial charge on any atom is 0.337 e. The third kappa shape index (κ3) is 2.57. The van der Waals surface area contributed by atoms with E-state index < -0.39 is 5.97 Å². The molecule has 0 unspecified atom stereocenters. The zero-order chi connectivity index (χ0) is 14.0. The Labute approximate surface area is 110 Å². The summed E-state index contributed by atoms with van der Waals surface area (Å²) in [6, 6.07) is 6.31. The van der Waals surface area contributed by atoms with Gasteiger partial charge in [0.25, 0.3) is 5.91 Å². The van der Waals surface area contributed by atoms with Crippen LogP contribution < -0.4 is 0 Å². The van der Waals surface area contributed by atoms with Gasteiger partial charge in [-0.05, 0) is 17.7 Å². The molecule has 1 heterocycles. The van der Waals surface area contributed by atoms with Crippen LogP contribution in [0.4, 0.5) is 4.79 Å². The van der Waals surface area contributed by atoms with E-state index >= 15 is 0 Å². The summed E-state index contributed by atoms with van der Waals surface area (Å²) in [6.07, 6.45) is 0. The highest BCUT2D eigenvalue weighted by atomic mass is 16.5. The minimum atomic E-state index is -0.417. The summed E-state index contributed by atoms with van der Waals surface area (Å²) in [4.78, 5) is 37.1. The van der Waals surface area contributed by atoms with Gasteiger partial charge in [-0.2, -0.15) is 0 Å². The number of amides is 3. The molecule has 0 atom stereocenters. The molecule has 0 bridgehead atoms. The van der Waals surface area contributed by atoms with Gasteiger partial charge in [0.05, 0.1) is 19.2 Å². The SMILES string of the molecule is COC(=O)c1ccc(CN2C(=O)CN(C)C2=O)cc1. The molecule has 0 N–H and O–H groups in total. The second-order valence-corrected chi connectivity index (χ2v) is 4.31. The van der Waals surface area contributed by atoms with E-state index in [0.717, 1.165) is 5.56 Å². The molecule has 0 spiro atoms. The number of methoxy groups -OCH3 is 1. The Bertz CT molecular complexity index is 524. The number of esters is 1. The highest BCUT2D eigenvalue weighted by Crippen LogP contribution is 2.14. The Morgan fingerprint density at radius 1 is 1.26 bits per heavy atom. The molecule has 0 aromatic heterocycles. The van der Waals surface area contributed by atoms with Crippen molar-refractivity contribution in [1.29, 1.82) is 0 Å². The average Bonchev–Trinajstić information content (AvgIpc) is 2.65. The van der Waals surface area contributed by atoms with Gasteiger partial charge in [-0.1, -0.05) is 12.1 Å². The van der Waals surface area contributed by atoms with Gasteiger partial charge in [0, 0.05) is 7.05 Å². The molecule has 2 rings (SSSR count). The summed E-state index contributed by atoms with van der Waals surface area (Å²) in [7, 11) is 2.90. The van der Waals surface area contributed by atoms with Crippen LogP contribution in [0.3, 0.4) is 0 Å². The van der Waals surface area contributed by atoms with Crippen LogP contribution in [0.15, 0.2) is 24.3 Å². The lowest BCUT2D eigenvalue weighted by Gasteiger charge is -2.14. The van der Waals surface area contributed by atoms with Crippen molar-refractivity contribution in [3.8, 4) is 0 Å². The minimum Gasteiger partial charge on any atom is -0.465 e. The van der Waals surface area contributed by atoms with Crippen molar-refractivity contribution >= 4 is 17.9 Å². The van der Waals surface area contributed by atoms with Gasteiger partial charge in [0.15, 0.2) is 0 Å². The zero-order valence-corrected chi connectivity index (χ0v) is 10.8. The van der Waals surface area contributed by atoms with Gasteiger partial charge >= 0.3 is 12.0 Å². The van der Waals surface area contributed by atoms with E-state index in [2.05, 4.69) is 4.74 Å². The Hall–Kier alpha value is -2.37. The first-order valence-electron chi connectivity index (χ1n) is 5.75. The molecular weight excluding hydrogens is 248 g/mol. The summed E-state index contributed by atoms with van der Waals surface area (Å²) in [5.74, 6) is -0.635. The minimum absolute atomic E-state index is 0.110. The number of hydrogen-bond donors (Lipinski definition) is 0. The quantitative estimate of drug-likeness (QED) is 0.598. The summed E-state index contributed by atoms with van der Waals surface area (Å²) >= 11 is 0. The lowest BCUT2D eigenvalue weighted by molar-refractivity contribution is -0.125. The number of rotatable bonds is 3. The number of nitrogens with zero attached hydrogens (tertiary/aromatic N) is 2. The lowest BCUT2D eigenvalue weighted by Crippen LogP contribution is -2.31. The number of hydrogen-bond acceptors (Lipinski definition) is 4. The number of carbonyl (C=O) groups excluding carboxylic acids is 3. The van der Waals surface area contributed by atoms with Crippen molar-refractivity contribution < 1.29 is 19.1 Å². The highest BCUT2D eigenvalue weighted by molar-refractivity contribution is 6.01. The van der Waals surface area contributed by atoms with E-state index in [9.17, 15) is 14.4 Å². The van der Waals surface area contributed by atoms with Crippen LogP contribution >= 0.6 is 0 Å². The number of carbonyl (C=O) groups is 3. The van der Waals surface area contributed by atoms with Gasteiger partial charge in [-0.25, -0.2) is 9.59 Å². The van der Waals surface area contributed by atoms with Crippen LogP contribution in [0.5, 0.6) is 0 Å². The topological polar surface area (TPSA) is 66.9 Å². The van der Waals surface area contributed by atoms with Crippen molar-refractivity contribution in [2.24, 2.45) is 0 Å². The first-order chi connectivity index (χ1) is 9.02. The van der Waals surface area contributed by atoms with E-state index in [1.54, 1.807) is 31.3 Å². The monoisotopic (exact) mass is 262 g/mol. The van der Waals surface area contributed by atoms with Crippen molar-refractivity contribution in [2.75, 3.05) is 20.7 Å². The molecule has 1 saturated heterocycles. The van der Waals surface area contributed by atoms with Crippen molar-refractivity contribution in [2.45, 2.75) is 6.54 Å². The first-order valence-corrected chi connectivity index (χ1v) is 5.75. The molecule has 1 aliphatic rings. The molecule has 1 fully saturated rings. The maximum absolute atomic E-state index is 11.7. The largest absolute Gasteiger partial charge is 0.465 e. The fourth-order valence-corrected chi connectivity index (χ4v) is 1.87. The van der Waals surface area contributed by atoms with Crippen LogP contribution in [-0.2, 0) is 16.1 Å². The van der Waals surface area contributed by atoms with Crippen molar-refractivity contribution in [3.05, 3.63) is 35.4 Å². The fourth-order valence-electron chi connectivity index (χ4n) is 1.87. The van der Waals surface area contributed by atoms with Crippen LogP contribution in [0.2, 0.25) is 0 Å². The molecule has 6 heteroatoms. The molecule has 3 amide bonds. The summed E-state index contributed by atoms with van der Waals surface area (Å²) in [5.41, 5.74) is 1.21. The van der Waals surface area contributed by atoms with Crippen LogP contribution in [0.1, 0.15) is 15.9 Å². The molecule has 100 valence electrons. The summed E-state index contributed by atoms with van der Waals surface area (Å²) < 4.78 is 4.59. The molecule has 0 radical (unpaired) electrons. The third-order valence-corrected chi connectivity index (χ3v) is 2.95. The van der Waals surface area contributed by atoms with Crippen LogP contribution in [-0.4, -0.2) is 48.4 Å². The molecule has 6 nitrogen and oxygen atoms in total. The Kier molecular flexibility index (Phi) is 3.50. The Morgan fingerprint density at radius 3 is 2.37 bits per heavy atom. The van der Waals surface area contributed by atoms with E-state index in [1.807, 2.05) is 0 Å². The summed E-state index contributed by atoms with van der Waals surface area (Å²) in [6.45, 7) is 0.322. The standard InChI is InChI=1S/C13H14N2O4/c1-14-8-11(16)15(13(14)18)7-9-3-5-10(6-4-9)12(17)19-2/h3-6H,7-8H2,1-2H3. The van der Waals surface area contributed by atoms with Crippen LogP contribution in [0, 0.1) is 0 Å². The first kappa shape index (κ1) is 13.1. The van der Waals surface area contributed by atoms with Gasteiger partial charge in [-0.15, -0.1) is 0 Å². The predicted molar refractivity (Wildman–Crippen MR) is 66.4 cm³/mol. The Morgan fingerprint density at radius 2 is 1.89 bits per heavy atom. The smallest absolute Gasteiger partial charge is 0.337 e. The normalized spacial score (nSPS) is 15.1. The molecule has 1 aromatic rings. The third-order valence-electron chi connectivity index (χ3n) is 2.95. The number of urea groups is 1. The second-order valence-electron chi connectivity index (χ2n) is 4.31. The van der Waals surface area contributed by atoms with E-state index in [4.69, 9.17) is 0 Å². The van der Waals surface area contributed by atoms with Gasteiger partial charge in [-0.3, -0.25) is 9.69 Å². The molecule has 1 aromatic carbocycles. The predicted octanol–water partition coefficient (Wildman–Crippen LogP) is 0.867. The lowest BCUT2D eigenvalue weighted by atomic mass is 10.1. The van der Waals surface area contributed by atoms with Crippen molar-refractivity contribution in [1.82, 2.24) is 9.80 Å². The number of imide groups is 1. The highest BCUT2D eigenvalue weighted by Gasteiger charge is 2.33. The van der Waals surface area contributed by atoms with Gasteiger partial charge in [0.2, 0.25) is 0 Å². The Balaban J connectivity index is 2.10. The average molecular weight is 262 g/mol.